The van der Waals surface area contributed by atoms with Crippen molar-refractivity contribution in [3.8, 4) is 5.06 Å². The first kappa shape index (κ1) is 10.4. The normalized spacial score (nSPS) is 11.9. The van der Waals surface area contributed by atoms with E-state index in [9.17, 15) is 8.42 Å². The Hall–Kier alpha value is -1.11. The Morgan fingerprint density at radius 2 is 2.00 bits per heavy atom. The van der Waals surface area contributed by atoms with E-state index in [4.69, 9.17) is 9.88 Å². The van der Waals surface area contributed by atoms with Crippen molar-refractivity contribution in [3.63, 3.8) is 0 Å². The van der Waals surface area contributed by atoms with Crippen LogP contribution in [0.25, 0.3) is 10.1 Å². The third kappa shape index (κ3) is 1.71. The first-order valence-electron chi connectivity index (χ1n) is 4.12. The molecule has 80 valence electrons. The molecule has 0 aliphatic carbocycles. The first-order valence-corrected chi connectivity index (χ1v) is 6.48. The second-order valence-electron chi connectivity index (χ2n) is 2.96. The van der Waals surface area contributed by atoms with E-state index in [1.165, 1.54) is 18.4 Å². The van der Waals surface area contributed by atoms with Crippen LogP contribution in [-0.2, 0) is 10.0 Å². The lowest BCUT2D eigenvalue weighted by Crippen LogP contribution is -2.12. The minimum atomic E-state index is -3.74. The zero-order valence-electron chi connectivity index (χ0n) is 7.93. The summed E-state index contributed by atoms with van der Waals surface area (Å²) < 4.78 is 28.6. The van der Waals surface area contributed by atoms with Crippen LogP contribution in [-0.4, -0.2) is 15.5 Å². The van der Waals surface area contributed by atoms with Crippen LogP contribution >= 0.6 is 11.3 Å². The lowest BCUT2D eigenvalue weighted by atomic mass is 10.3. The highest BCUT2D eigenvalue weighted by Gasteiger charge is 2.21. The van der Waals surface area contributed by atoms with Crippen molar-refractivity contribution in [3.05, 3.63) is 24.3 Å². The first-order chi connectivity index (χ1) is 7.04. The smallest absolute Gasteiger partial charge is 0.243 e. The summed E-state index contributed by atoms with van der Waals surface area (Å²) >= 11 is 1.27. The molecule has 6 heteroatoms. The maximum absolute atomic E-state index is 11.4. The van der Waals surface area contributed by atoms with Gasteiger partial charge in [0.05, 0.1) is 7.11 Å². The SMILES string of the molecule is COc1sc2ccccc2c1S(N)(=O)=O. The number of thiophene rings is 1. The fraction of sp³-hybridized carbons (Fsp3) is 0.111. The fourth-order valence-corrected chi connectivity index (χ4v) is 3.65. The highest BCUT2D eigenvalue weighted by molar-refractivity contribution is 7.89. The summed E-state index contributed by atoms with van der Waals surface area (Å²) in [6.45, 7) is 0. The van der Waals surface area contributed by atoms with Gasteiger partial charge in [-0.3, -0.25) is 0 Å². The predicted octanol–water partition coefficient (Wildman–Crippen LogP) is 1.56. The van der Waals surface area contributed by atoms with Gasteiger partial charge in [0.1, 0.15) is 4.90 Å². The molecule has 2 aromatic rings. The molecule has 0 aliphatic rings. The van der Waals surface area contributed by atoms with Crippen molar-refractivity contribution in [2.75, 3.05) is 7.11 Å². The molecule has 15 heavy (non-hydrogen) atoms. The van der Waals surface area contributed by atoms with E-state index >= 15 is 0 Å². The standard InChI is InChI=1S/C9H9NO3S2/c1-13-9-8(15(10,11)12)6-4-2-3-5-7(6)14-9/h2-5H,1H3,(H2,10,11,12). The summed E-state index contributed by atoms with van der Waals surface area (Å²) in [4.78, 5) is 0.0746. The van der Waals surface area contributed by atoms with Gasteiger partial charge in [-0.1, -0.05) is 29.5 Å². The number of ether oxygens (including phenoxy) is 1. The highest BCUT2D eigenvalue weighted by Crippen LogP contribution is 2.39. The number of hydrogen-bond acceptors (Lipinski definition) is 4. The van der Waals surface area contributed by atoms with Crippen molar-refractivity contribution < 1.29 is 13.2 Å². The van der Waals surface area contributed by atoms with Crippen LogP contribution in [0.5, 0.6) is 5.06 Å². The number of sulfonamides is 1. The molecule has 1 heterocycles. The van der Waals surface area contributed by atoms with Gasteiger partial charge in [-0.05, 0) is 6.07 Å². The zero-order valence-corrected chi connectivity index (χ0v) is 9.56. The molecule has 1 aromatic carbocycles. The second kappa shape index (κ2) is 3.48. The molecule has 0 radical (unpaired) electrons. The molecule has 0 fully saturated rings. The molecule has 2 rings (SSSR count). The molecule has 0 spiro atoms. The fourth-order valence-electron chi connectivity index (χ4n) is 1.40. The third-order valence-electron chi connectivity index (χ3n) is 1.99. The van der Waals surface area contributed by atoms with Gasteiger partial charge in [-0.25, -0.2) is 13.6 Å². The summed E-state index contributed by atoms with van der Waals surface area (Å²) in [5.74, 6) is 0. The van der Waals surface area contributed by atoms with E-state index in [-0.39, 0.29) is 4.90 Å². The minimum Gasteiger partial charge on any atom is -0.486 e. The van der Waals surface area contributed by atoms with E-state index in [1.807, 2.05) is 12.1 Å². The molecule has 0 unspecified atom stereocenters. The van der Waals surface area contributed by atoms with Crippen molar-refractivity contribution in [2.45, 2.75) is 4.90 Å². The number of fused-ring (bicyclic) bond motifs is 1. The Morgan fingerprint density at radius 3 is 2.60 bits per heavy atom. The molecular weight excluding hydrogens is 234 g/mol. The van der Waals surface area contributed by atoms with Crippen LogP contribution in [0.4, 0.5) is 0 Å². The van der Waals surface area contributed by atoms with E-state index in [0.717, 1.165) is 4.70 Å². The van der Waals surface area contributed by atoms with Crippen LogP contribution in [0.1, 0.15) is 0 Å². The topological polar surface area (TPSA) is 69.4 Å². The molecule has 1 aromatic heterocycles. The number of benzene rings is 1. The summed E-state index contributed by atoms with van der Waals surface area (Å²) in [5.41, 5.74) is 0. The largest absolute Gasteiger partial charge is 0.486 e. The Balaban J connectivity index is 2.91. The monoisotopic (exact) mass is 243 g/mol. The van der Waals surface area contributed by atoms with Crippen molar-refractivity contribution in [2.24, 2.45) is 5.14 Å². The number of nitrogens with two attached hydrogens (primary N) is 1. The van der Waals surface area contributed by atoms with Gasteiger partial charge >= 0.3 is 0 Å². The van der Waals surface area contributed by atoms with Crippen LogP contribution < -0.4 is 9.88 Å². The Bertz CT molecular complexity index is 601. The quantitative estimate of drug-likeness (QED) is 0.870. The van der Waals surface area contributed by atoms with Gasteiger partial charge in [0.15, 0.2) is 5.06 Å². The summed E-state index contributed by atoms with van der Waals surface area (Å²) in [6.07, 6.45) is 0. The molecule has 4 nitrogen and oxygen atoms in total. The average molecular weight is 243 g/mol. The van der Waals surface area contributed by atoms with Crippen LogP contribution in [0.3, 0.4) is 0 Å². The van der Waals surface area contributed by atoms with Crippen molar-refractivity contribution >= 4 is 31.4 Å². The Labute approximate surface area is 91.3 Å². The molecule has 0 atom stereocenters. The Morgan fingerprint density at radius 1 is 1.33 bits per heavy atom. The van der Waals surface area contributed by atoms with Crippen LogP contribution in [0.2, 0.25) is 0 Å². The molecule has 0 amide bonds. The van der Waals surface area contributed by atoms with E-state index in [1.54, 1.807) is 12.1 Å². The lowest BCUT2D eigenvalue weighted by Gasteiger charge is -1.99. The zero-order chi connectivity index (χ0) is 11.1. The summed E-state index contributed by atoms with van der Waals surface area (Å²) in [7, 11) is -2.31. The summed E-state index contributed by atoms with van der Waals surface area (Å²) in [6, 6.07) is 7.15. The van der Waals surface area contributed by atoms with E-state index < -0.39 is 10.0 Å². The number of rotatable bonds is 2. The lowest BCUT2D eigenvalue weighted by molar-refractivity contribution is 0.417. The third-order valence-corrected chi connectivity index (χ3v) is 4.23. The second-order valence-corrected chi connectivity index (χ2v) is 5.48. The number of primary sulfonamides is 1. The average Bonchev–Trinajstić information content (AvgIpc) is 2.54. The Kier molecular flexibility index (Phi) is 2.41. The molecule has 0 saturated carbocycles. The summed E-state index contributed by atoms with van der Waals surface area (Å²) in [5, 5.41) is 6.09. The molecule has 0 saturated heterocycles. The van der Waals surface area contributed by atoms with Crippen molar-refractivity contribution in [1.82, 2.24) is 0 Å². The molecule has 0 bridgehead atoms. The molecule has 0 aliphatic heterocycles. The van der Waals surface area contributed by atoms with Gasteiger partial charge in [-0.2, -0.15) is 0 Å². The predicted molar refractivity (Wildman–Crippen MR) is 59.8 cm³/mol. The van der Waals surface area contributed by atoms with Gasteiger partial charge < -0.3 is 4.74 Å². The maximum atomic E-state index is 11.4. The van der Waals surface area contributed by atoms with Crippen LogP contribution in [0, 0.1) is 0 Å². The number of hydrogen-bond donors (Lipinski definition) is 1. The molecule has 2 N–H and O–H groups in total. The van der Waals surface area contributed by atoms with Gasteiger partial charge in [0, 0.05) is 10.1 Å². The molecular formula is C9H9NO3S2. The van der Waals surface area contributed by atoms with Gasteiger partial charge in [0.2, 0.25) is 10.0 Å². The maximum Gasteiger partial charge on any atom is 0.243 e. The minimum absolute atomic E-state index is 0.0746. The van der Waals surface area contributed by atoms with Gasteiger partial charge in [0.25, 0.3) is 0 Å². The highest BCUT2D eigenvalue weighted by atomic mass is 32.2. The number of methoxy groups -OCH3 is 1. The van der Waals surface area contributed by atoms with Crippen LogP contribution in [0.15, 0.2) is 29.2 Å². The van der Waals surface area contributed by atoms with E-state index in [0.29, 0.717) is 10.4 Å². The van der Waals surface area contributed by atoms with E-state index in [2.05, 4.69) is 0 Å². The van der Waals surface area contributed by atoms with Gasteiger partial charge in [-0.15, -0.1) is 0 Å². The van der Waals surface area contributed by atoms with Crippen molar-refractivity contribution in [1.29, 1.82) is 0 Å².